The van der Waals surface area contributed by atoms with Gasteiger partial charge in [0.1, 0.15) is 18.3 Å². The van der Waals surface area contributed by atoms with Crippen molar-refractivity contribution in [1.29, 1.82) is 0 Å². The minimum Gasteiger partial charge on any atom is -0.497 e. The van der Waals surface area contributed by atoms with Crippen molar-refractivity contribution in [2.45, 2.75) is 57.7 Å². The van der Waals surface area contributed by atoms with Crippen LogP contribution in [0, 0.1) is 6.92 Å². The van der Waals surface area contributed by atoms with Gasteiger partial charge in [-0.1, -0.05) is 71.2 Å². The summed E-state index contributed by atoms with van der Waals surface area (Å²) in [6.07, 6.45) is 5.27. The first kappa shape index (κ1) is 31.6. The number of carbonyl (C=O) groups is 2. The molecule has 0 bridgehead atoms. The van der Waals surface area contributed by atoms with Gasteiger partial charge < -0.3 is 15.0 Å². The smallest absolute Gasteiger partial charge is 0.244 e. The number of sulfonamides is 1. The molecule has 0 heterocycles. The number of carbonyl (C=O) groups excluding carboxylic acids is 2. The Kier molecular flexibility index (Phi) is 10.7. The predicted molar refractivity (Wildman–Crippen MR) is 169 cm³/mol. The van der Waals surface area contributed by atoms with Crippen molar-refractivity contribution >= 4 is 43.5 Å². The first-order valence-corrected chi connectivity index (χ1v) is 16.7. The number of hydrogen-bond acceptors (Lipinski definition) is 5. The van der Waals surface area contributed by atoms with Gasteiger partial charge in [0.2, 0.25) is 21.8 Å². The maximum atomic E-state index is 14.3. The third-order valence-electron chi connectivity index (χ3n) is 7.57. The van der Waals surface area contributed by atoms with Gasteiger partial charge in [-0.25, -0.2) is 8.42 Å². The van der Waals surface area contributed by atoms with Crippen LogP contribution in [0.15, 0.2) is 77.3 Å². The fourth-order valence-electron chi connectivity index (χ4n) is 5.29. The van der Waals surface area contributed by atoms with Crippen LogP contribution in [0.2, 0.25) is 0 Å². The predicted octanol–water partition coefficient (Wildman–Crippen LogP) is 5.23. The molecule has 1 N–H and O–H groups in total. The van der Waals surface area contributed by atoms with Crippen LogP contribution < -0.4 is 14.4 Å². The first-order chi connectivity index (χ1) is 20.0. The third-order valence-corrected chi connectivity index (χ3v) is 9.60. The van der Waals surface area contributed by atoms with Gasteiger partial charge >= 0.3 is 0 Å². The van der Waals surface area contributed by atoms with E-state index < -0.39 is 28.5 Å². The van der Waals surface area contributed by atoms with Gasteiger partial charge in [0.05, 0.1) is 19.1 Å². The van der Waals surface area contributed by atoms with E-state index in [9.17, 15) is 18.0 Å². The van der Waals surface area contributed by atoms with Crippen LogP contribution in [0.4, 0.5) is 5.69 Å². The Morgan fingerprint density at radius 3 is 2.33 bits per heavy atom. The second-order valence-electron chi connectivity index (χ2n) is 10.8. The van der Waals surface area contributed by atoms with Crippen LogP contribution in [0.25, 0.3) is 0 Å². The average molecular weight is 657 g/mol. The molecule has 1 aliphatic carbocycles. The van der Waals surface area contributed by atoms with Gasteiger partial charge in [-0.2, -0.15) is 0 Å². The molecular formula is C32H38BrN3O5S. The zero-order chi connectivity index (χ0) is 30.3. The highest BCUT2D eigenvalue weighted by atomic mass is 79.9. The summed E-state index contributed by atoms with van der Waals surface area (Å²) in [5, 5.41) is 3.18. The van der Waals surface area contributed by atoms with Crippen LogP contribution in [-0.2, 0) is 32.6 Å². The first-order valence-electron chi connectivity index (χ1n) is 14.1. The number of ether oxygens (including phenoxy) is 1. The number of amides is 2. The summed E-state index contributed by atoms with van der Waals surface area (Å²) >= 11 is 3.46. The summed E-state index contributed by atoms with van der Waals surface area (Å²) in [5.74, 6) is -0.100. The number of methoxy groups -OCH3 is 1. The van der Waals surface area contributed by atoms with Crippen molar-refractivity contribution in [3.05, 3.63) is 94.0 Å². The number of aryl methyl sites for hydroxylation is 1. The van der Waals surface area contributed by atoms with Crippen LogP contribution >= 0.6 is 15.9 Å². The Morgan fingerprint density at radius 2 is 1.69 bits per heavy atom. The van der Waals surface area contributed by atoms with E-state index in [0.29, 0.717) is 11.4 Å². The van der Waals surface area contributed by atoms with Crippen molar-refractivity contribution in [2.24, 2.45) is 0 Å². The summed E-state index contributed by atoms with van der Waals surface area (Å²) < 4.78 is 33.3. The maximum Gasteiger partial charge on any atom is 0.244 e. The quantitative estimate of drug-likeness (QED) is 0.288. The molecule has 0 spiro atoms. The average Bonchev–Trinajstić information content (AvgIpc) is 3.48. The lowest BCUT2D eigenvalue weighted by Gasteiger charge is -2.34. The largest absolute Gasteiger partial charge is 0.497 e. The number of hydrogen-bond donors (Lipinski definition) is 1. The number of nitrogens with zero attached hydrogens (tertiary/aromatic N) is 2. The van der Waals surface area contributed by atoms with E-state index in [0.717, 1.165) is 57.4 Å². The second kappa shape index (κ2) is 14.2. The number of halogens is 1. The lowest BCUT2D eigenvalue weighted by Crippen LogP contribution is -2.54. The molecule has 0 unspecified atom stereocenters. The van der Waals surface area contributed by atoms with Gasteiger partial charge in [0.25, 0.3) is 0 Å². The summed E-state index contributed by atoms with van der Waals surface area (Å²) in [7, 11) is -2.26. The zero-order valence-corrected chi connectivity index (χ0v) is 26.7. The fourth-order valence-corrected chi connectivity index (χ4v) is 6.37. The van der Waals surface area contributed by atoms with Gasteiger partial charge in [-0.3, -0.25) is 13.9 Å². The molecule has 1 saturated carbocycles. The van der Waals surface area contributed by atoms with Crippen molar-refractivity contribution in [3.8, 4) is 5.75 Å². The van der Waals surface area contributed by atoms with Crippen molar-refractivity contribution in [1.82, 2.24) is 10.2 Å². The molecule has 0 saturated heterocycles. The van der Waals surface area contributed by atoms with Gasteiger partial charge in [0.15, 0.2) is 0 Å². The monoisotopic (exact) mass is 655 g/mol. The summed E-state index contributed by atoms with van der Waals surface area (Å²) in [5.41, 5.74) is 2.87. The molecule has 0 radical (unpaired) electrons. The maximum absolute atomic E-state index is 14.3. The molecule has 3 aromatic carbocycles. The molecule has 4 rings (SSSR count). The minimum absolute atomic E-state index is 0.0582. The summed E-state index contributed by atoms with van der Waals surface area (Å²) in [4.78, 5) is 29.7. The highest BCUT2D eigenvalue weighted by molar-refractivity contribution is 9.10. The molecule has 0 aliphatic heterocycles. The van der Waals surface area contributed by atoms with E-state index in [1.54, 1.807) is 25.3 Å². The van der Waals surface area contributed by atoms with Crippen molar-refractivity contribution < 1.29 is 22.7 Å². The molecule has 1 fully saturated rings. The van der Waals surface area contributed by atoms with E-state index in [-0.39, 0.29) is 24.9 Å². The SMILES string of the molecule is COc1cccc(CN(C(=O)CN(c2ccc(Br)c(C)c2)S(C)(=O)=O)[C@@H](Cc2ccccc2)C(=O)NC2CCCC2)c1. The topological polar surface area (TPSA) is 96.0 Å². The molecule has 0 aromatic heterocycles. The van der Waals surface area contributed by atoms with Crippen LogP contribution in [0.3, 0.4) is 0 Å². The fraction of sp³-hybridized carbons (Fsp3) is 0.375. The lowest BCUT2D eigenvalue weighted by molar-refractivity contribution is -0.140. The third kappa shape index (κ3) is 8.35. The highest BCUT2D eigenvalue weighted by Gasteiger charge is 2.34. The Morgan fingerprint density at radius 1 is 1.00 bits per heavy atom. The van der Waals surface area contributed by atoms with Crippen molar-refractivity contribution in [3.63, 3.8) is 0 Å². The molecule has 1 aliphatic rings. The van der Waals surface area contributed by atoms with E-state index in [2.05, 4.69) is 21.2 Å². The summed E-state index contributed by atoms with van der Waals surface area (Å²) in [6, 6.07) is 21.2. The Bertz CT molecular complexity index is 1490. The van der Waals surface area contributed by atoms with E-state index in [1.165, 1.54) is 4.90 Å². The normalized spacial score (nSPS) is 14.3. The standard InChI is InChI=1S/C32H38BrN3O5S/c1-23-18-27(16-17-29(23)33)36(42(3,39)40)22-31(37)35(21-25-12-9-15-28(19-25)41-2)30(20-24-10-5-4-6-11-24)32(38)34-26-13-7-8-14-26/h4-6,9-12,15-19,26,30H,7-8,13-14,20-22H2,1-3H3,(H,34,38)/t30-/m0/s1. The molecule has 3 aromatic rings. The molecule has 2 amide bonds. The van der Waals surface area contributed by atoms with E-state index >= 15 is 0 Å². The Balaban J connectivity index is 1.74. The van der Waals surface area contributed by atoms with Crippen LogP contribution in [0.5, 0.6) is 5.75 Å². The van der Waals surface area contributed by atoms with Crippen LogP contribution in [-0.4, -0.2) is 57.1 Å². The second-order valence-corrected chi connectivity index (χ2v) is 13.5. The minimum atomic E-state index is -3.83. The zero-order valence-electron chi connectivity index (χ0n) is 24.3. The number of benzene rings is 3. The molecule has 10 heteroatoms. The molecule has 1 atom stereocenters. The van der Waals surface area contributed by atoms with Crippen LogP contribution in [0.1, 0.15) is 42.4 Å². The van der Waals surface area contributed by atoms with E-state index in [1.807, 2.05) is 61.5 Å². The van der Waals surface area contributed by atoms with Crippen molar-refractivity contribution in [2.75, 3.05) is 24.2 Å². The highest BCUT2D eigenvalue weighted by Crippen LogP contribution is 2.26. The number of rotatable bonds is 12. The number of nitrogens with one attached hydrogen (secondary N) is 1. The Labute approximate surface area is 257 Å². The lowest BCUT2D eigenvalue weighted by atomic mass is 10.0. The van der Waals surface area contributed by atoms with Gasteiger partial charge in [0, 0.05) is 23.5 Å². The Hall–Kier alpha value is -3.37. The molecule has 224 valence electrons. The molecular weight excluding hydrogens is 618 g/mol. The van der Waals surface area contributed by atoms with Gasteiger partial charge in [-0.15, -0.1) is 0 Å². The summed E-state index contributed by atoms with van der Waals surface area (Å²) in [6.45, 7) is 1.50. The number of anilines is 1. The molecule has 42 heavy (non-hydrogen) atoms. The molecule has 8 nitrogen and oxygen atoms in total. The van der Waals surface area contributed by atoms with Gasteiger partial charge in [-0.05, 0) is 66.8 Å². The van der Waals surface area contributed by atoms with E-state index in [4.69, 9.17) is 4.74 Å².